The molecule has 0 aliphatic carbocycles. The fraction of sp³-hybridized carbons (Fsp3) is 0.417. The zero-order valence-corrected chi connectivity index (χ0v) is 10.7. The van der Waals surface area contributed by atoms with E-state index in [1.54, 1.807) is 0 Å². The minimum Gasteiger partial charge on any atom is -0.293 e. The average Bonchev–Trinajstić information content (AvgIpc) is 2.24. The van der Waals surface area contributed by atoms with Gasteiger partial charge in [0.05, 0.1) is 11.3 Å². The Labute approximate surface area is 107 Å². The van der Waals surface area contributed by atoms with Crippen LogP contribution in [0.15, 0.2) is 18.2 Å². The van der Waals surface area contributed by atoms with Gasteiger partial charge in [0.15, 0.2) is 5.78 Å². The van der Waals surface area contributed by atoms with Crippen LogP contribution in [0.1, 0.15) is 29.8 Å². The molecule has 0 radical (unpaired) electrons. The maximum Gasteiger partial charge on any atom is 0.419 e. The van der Waals surface area contributed by atoms with E-state index in [-0.39, 0.29) is 16.6 Å². The summed E-state index contributed by atoms with van der Waals surface area (Å²) in [4.78, 5) is 11.6. The van der Waals surface area contributed by atoms with E-state index >= 15 is 0 Å². The van der Waals surface area contributed by atoms with Crippen LogP contribution in [-0.4, -0.2) is 16.8 Å². The second kappa shape index (κ2) is 5.73. The summed E-state index contributed by atoms with van der Waals surface area (Å²) in [7, 11) is 0. The van der Waals surface area contributed by atoms with Gasteiger partial charge in [0.1, 0.15) is 5.82 Å². The summed E-state index contributed by atoms with van der Waals surface area (Å²) < 4.78 is 50.4. The van der Waals surface area contributed by atoms with Crippen molar-refractivity contribution in [2.24, 2.45) is 0 Å². The van der Waals surface area contributed by atoms with Crippen molar-refractivity contribution in [1.29, 1.82) is 0 Å². The Bertz CT molecular complexity index is 440. The highest BCUT2D eigenvalue weighted by Crippen LogP contribution is 2.32. The summed E-state index contributed by atoms with van der Waals surface area (Å²) in [6.45, 7) is 3.76. The molecule has 0 spiro atoms. The van der Waals surface area contributed by atoms with Crippen molar-refractivity contribution in [1.82, 2.24) is 0 Å². The molecule has 6 heteroatoms. The van der Waals surface area contributed by atoms with E-state index in [1.807, 2.05) is 13.8 Å². The maximum atomic E-state index is 13.0. The number of carbonyl (C=O) groups excluding carboxylic acids is 1. The molecule has 0 N–H and O–H groups in total. The number of halogens is 4. The van der Waals surface area contributed by atoms with Gasteiger partial charge in [-0.25, -0.2) is 4.39 Å². The minimum atomic E-state index is -4.79. The summed E-state index contributed by atoms with van der Waals surface area (Å²) in [6, 6.07) is 2.32. The molecule has 1 aromatic carbocycles. The Morgan fingerprint density at radius 2 is 1.94 bits per heavy atom. The number of thioether (sulfide) groups is 1. The zero-order valence-electron chi connectivity index (χ0n) is 9.84. The first-order valence-corrected chi connectivity index (χ1v) is 6.28. The molecule has 0 fully saturated rings. The standard InChI is InChI=1S/C12H12F4OS/c1-7(2)18-6-11(17)8-3-4-10(13)9(5-8)12(14,15)16/h3-5,7H,6H2,1-2H3. The number of hydrogen-bond acceptors (Lipinski definition) is 2. The first-order chi connectivity index (χ1) is 8.21. The predicted molar refractivity (Wildman–Crippen MR) is 63.3 cm³/mol. The van der Waals surface area contributed by atoms with Gasteiger partial charge in [0.2, 0.25) is 0 Å². The number of hydrogen-bond donors (Lipinski definition) is 0. The molecule has 1 nitrogen and oxygen atoms in total. The molecule has 1 aromatic rings. The number of benzene rings is 1. The van der Waals surface area contributed by atoms with E-state index in [2.05, 4.69) is 0 Å². The minimum absolute atomic E-state index is 0.0839. The average molecular weight is 280 g/mol. The lowest BCUT2D eigenvalue weighted by molar-refractivity contribution is -0.140. The molecular formula is C12H12F4OS. The monoisotopic (exact) mass is 280 g/mol. The van der Waals surface area contributed by atoms with Gasteiger partial charge in [-0.15, -0.1) is 0 Å². The number of alkyl halides is 3. The third kappa shape index (κ3) is 4.01. The highest BCUT2D eigenvalue weighted by Gasteiger charge is 2.34. The summed E-state index contributed by atoms with van der Waals surface area (Å²) in [5.74, 6) is -1.71. The molecule has 100 valence electrons. The Morgan fingerprint density at radius 1 is 1.33 bits per heavy atom. The SMILES string of the molecule is CC(C)SCC(=O)c1ccc(F)c(C(F)(F)F)c1. The van der Waals surface area contributed by atoms with Crippen LogP contribution >= 0.6 is 11.8 Å². The van der Waals surface area contributed by atoms with E-state index < -0.39 is 23.3 Å². The molecule has 0 aliphatic heterocycles. The largest absolute Gasteiger partial charge is 0.419 e. The van der Waals surface area contributed by atoms with Crippen LogP contribution in [-0.2, 0) is 6.18 Å². The topological polar surface area (TPSA) is 17.1 Å². The molecule has 0 saturated heterocycles. The van der Waals surface area contributed by atoms with Gasteiger partial charge in [-0.05, 0) is 23.4 Å². The number of carbonyl (C=O) groups is 1. The van der Waals surface area contributed by atoms with E-state index in [0.717, 1.165) is 6.07 Å². The summed E-state index contributed by atoms with van der Waals surface area (Å²) in [5, 5.41) is 0.205. The van der Waals surface area contributed by atoms with E-state index in [0.29, 0.717) is 12.1 Å². The Hall–Kier alpha value is -1.04. The Kier molecular flexibility index (Phi) is 4.78. The van der Waals surface area contributed by atoms with Crippen LogP contribution in [0.5, 0.6) is 0 Å². The van der Waals surface area contributed by atoms with Crippen molar-refractivity contribution in [2.45, 2.75) is 25.3 Å². The molecule has 0 heterocycles. The molecule has 0 amide bonds. The third-order valence-corrected chi connectivity index (χ3v) is 3.24. The summed E-state index contributed by atoms with van der Waals surface area (Å²) in [5.41, 5.74) is -1.51. The fourth-order valence-corrected chi connectivity index (χ4v) is 1.89. The van der Waals surface area contributed by atoms with Crippen LogP contribution in [0.2, 0.25) is 0 Å². The van der Waals surface area contributed by atoms with Crippen molar-refractivity contribution in [3.8, 4) is 0 Å². The molecule has 0 atom stereocenters. The first-order valence-electron chi connectivity index (χ1n) is 5.23. The lowest BCUT2D eigenvalue weighted by atomic mass is 10.1. The van der Waals surface area contributed by atoms with Gasteiger partial charge >= 0.3 is 6.18 Å². The van der Waals surface area contributed by atoms with Crippen molar-refractivity contribution in [3.63, 3.8) is 0 Å². The van der Waals surface area contributed by atoms with Gasteiger partial charge in [0, 0.05) is 5.56 Å². The van der Waals surface area contributed by atoms with Gasteiger partial charge in [-0.1, -0.05) is 13.8 Å². The molecular weight excluding hydrogens is 268 g/mol. The number of Topliss-reactive ketones (excluding diaryl/α,β-unsaturated/α-hetero) is 1. The summed E-state index contributed by atoms with van der Waals surface area (Å²) in [6.07, 6.45) is -4.79. The van der Waals surface area contributed by atoms with Crippen LogP contribution in [0, 0.1) is 5.82 Å². The lowest BCUT2D eigenvalue weighted by Crippen LogP contribution is -2.11. The summed E-state index contributed by atoms with van der Waals surface area (Å²) >= 11 is 1.33. The highest BCUT2D eigenvalue weighted by molar-refractivity contribution is 8.00. The Balaban J connectivity index is 2.95. The lowest BCUT2D eigenvalue weighted by Gasteiger charge is -2.10. The van der Waals surface area contributed by atoms with Crippen LogP contribution < -0.4 is 0 Å². The zero-order chi connectivity index (χ0) is 13.9. The maximum absolute atomic E-state index is 13.0. The van der Waals surface area contributed by atoms with Crippen LogP contribution in [0.25, 0.3) is 0 Å². The quantitative estimate of drug-likeness (QED) is 0.608. The predicted octanol–water partition coefficient (Wildman–Crippen LogP) is 4.17. The van der Waals surface area contributed by atoms with Crippen molar-refractivity contribution >= 4 is 17.5 Å². The molecule has 1 rings (SSSR count). The molecule has 0 bridgehead atoms. The molecule has 0 unspecified atom stereocenters. The smallest absolute Gasteiger partial charge is 0.293 e. The van der Waals surface area contributed by atoms with E-state index in [1.165, 1.54) is 11.8 Å². The third-order valence-electron chi connectivity index (χ3n) is 2.14. The number of rotatable bonds is 4. The van der Waals surface area contributed by atoms with E-state index in [4.69, 9.17) is 0 Å². The Morgan fingerprint density at radius 3 is 2.44 bits per heavy atom. The van der Waals surface area contributed by atoms with Crippen LogP contribution in [0.4, 0.5) is 17.6 Å². The second-order valence-corrected chi connectivity index (χ2v) is 5.54. The molecule has 18 heavy (non-hydrogen) atoms. The van der Waals surface area contributed by atoms with Gasteiger partial charge in [-0.2, -0.15) is 24.9 Å². The van der Waals surface area contributed by atoms with Crippen LogP contribution in [0.3, 0.4) is 0 Å². The highest BCUT2D eigenvalue weighted by atomic mass is 32.2. The first kappa shape index (κ1) is 15.0. The van der Waals surface area contributed by atoms with Crippen molar-refractivity contribution in [2.75, 3.05) is 5.75 Å². The van der Waals surface area contributed by atoms with E-state index in [9.17, 15) is 22.4 Å². The van der Waals surface area contributed by atoms with Gasteiger partial charge in [0.25, 0.3) is 0 Å². The normalized spacial score (nSPS) is 11.9. The molecule has 0 aromatic heterocycles. The number of ketones is 1. The van der Waals surface area contributed by atoms with Crippen molar-refractivity contribution < 1.29 is 22.4 Å². The van der Waals surface area contributed by atoms with Gasteiger partial charge in [-0.3, -0.25) is 4.79 Å². The fourth-order valence-electron chi connectivity index (χ4n) is 1.24. The van der Waals surface area contributed by atoms with Crippen molar-refractivity contribution in [3.05, 3.63) is 35.1 Å². The molecule has 0 aliphatic rings. The van der Waals surface area contributed by atoms with Gasteiger partial charge < -0.3 is 0 Å². The second-order valence-electron chi connectivity index (χ2n) is 3.98. The molecule has 0 saturated carbocycles.